The van der Waals surface area contributed by atoms with Crippen LogP contribution in [0.1, 0.15) is 16.1 Å². The van der Waals surface area contributed by atoms with Gasteiger partial charge in [-0.1, -0.05) is 109 Å². The molecule has 0 fully saturated rings. The predicted molar refractivity (Wildman–Crippen MR) is 124 cm³/mol. The molecular formula is C28H20N2O. The van der Waals surface area contributed by atoms with Crippen LogP contribution >= 0.6 is 0 Å². The summed E-state index contributed by atoms with van der Waals surface area (Å²) in [5.41, 5.74) is 4.63. The number of benzene rings is 4. The van der Waals surface area contributed by atoms with E-state index in [9.17, 15) is 4.79 Å². The summed E-state index contributed by atoms with van der Waals surface area (Å²) in [7, 11) is 0. The Balaban J connectivity index is 1.86. The Morgan fingerprint density at radius 3 is 1.65 bits per heavy atom. The lowest BCUT2D eigenvalue weighted by molar-refractivity contribution is 0.103. The summed E-state index contributed by atoms with van der Waals surface area (Å²) in [5.74, 6) is 0.683. The van der Waals surface area contributed by atoms with Gasteiger partial charge < -0.3 is 0 Å². The topological polar surface area (TPSA) is 34.9 Å². The van der Waals surface area contributed by atoms with E-state index in [1.54, 1.807) is 0 Å². The van der Waals surface area contributed by atoms with E-state index in [2.05, 4.69) is 0 Å². The van der Waals surface area contributed by atoms with E-state index in [1.807, 2.05) is 126 Å². The number of para-hydroxylation sites is 1. The number of rotatable bonds is 5. The zero-order valence-corrected chi connectivity index (χ0v) is 16.8. The van der Waals surface area contributed by atoms with E-state index in [4.69, 9.17) is 4.98 Å². The molecule has 0 spiro atoms. The van der Waals surface area contributed by atoms with Crippen molar-refractivity contribution < 1.29 is 4.79 Å². The monoisotopic (exact) mass is 400 g/mol. The third kappa shape index (κ3) is 3.58. The molecule has 4 aromatic carbocycles. The number of carbonyl (C=O) groups excluding carboxylic acids is 1. The van der Waals surface area contributed by atoms with Gasteiger partial charge in [0.25, 0.3) is 0 Å². The summed E-state index contributed by atoms with van der Waals surface area (Å²) in [6, 6.07) is 39.2. The van der Waals surface area contributed by atoms with E-state index < -0.39 is 0 Å². The van der Waals surface area contributed by atoms with Gasteiger partial charge in [-0.3, -0.25) is 9.36 Å². The molecule has 0 saturated carbocycles. The van der Waals surface area contributed by atoms with E-state index in [1.165, 1.54) is 0 Å². The van der Waals surface area contributed by atoms with Crippen molar-refractivity contribution in [2.45, 2.75) is 0 Å². The standard InChI is InChI=1S/C28H20N2O/c31-27(22-15-7-2-8-16-22)26-25(21-13-5-1-6-14-21)29-28(23-17-9-3-10-18-23)30(26)24-19-11-4-12-20-24/h1-20H. The highest BCUT2D eigenvalue weighted by Gasteiger charge is 2.26. The number of hydrogen-bond donors (Lipinski definition) is 0. The van der Waals surface area contributed by atoms with Gasteiger partial charge in [-0.25, -0.2) is 4.98 Å². The average Bonchev–Trinajstić information content (AvgIpc) is 3.26. The molecule has 0 unspecified atom stereocenters. The highest BCUT2D eigenvalue weighted by atomic mass is 16.1. The molecule has 1 heterocycles. The highest BCUT2D eigenvalue weighted by Crippen LogP contribution is 2.33. The Bertz CT molecular complexity index is 1310. The number of ketones is 1. The van der Waals surface area contributed by atoms with Crippen molar-refractivity contribution in [3.05, 3.63) is 133 Å². The molecule has 3 nitrogen and oxygen atoms in total. The molecule has 0 N–H and O–H groups in total. The summed E-state index contributed by atoms with van der Waals surface area (Å²) in [6.45, 7) is 0. The fraction of sp³-hybridized carbons (Fsp3) is 0. The second-order valence-electron chi connectivity index (χ2n) is 7.23. The zero-order valence-electron chi connectivity index (χ0n) is 16.8. The lowest BCUT2D eigenvalue weighted by Crippen LogP contribution is -2.11. The van der Waals surface area contributed by atoms with Gasteiger partial charge in [-0.15, -0.1) is 0 Å². The Morgan fingerprint density at radius 2 is 1.06 bits per heavy atom. The van der Waals surface area contributed by atoms with E-state index in [-0.39, 0.29) is 5.78 Å². The SMILES string of the molecule is O=C(c1ccccc1)c1c(-c2ccccc2)nc(-c2ccccc2)n1-c1ccccc1. The molecule has 0 radical (unpaired) electrons. The molecule has 1 aromatic heterocycles. The predicted octanol–water partition coefficient (Wildman–Crippen LogP) is 6.44. The number of carbonyl (C=O) groups is 1. The third-order valence-electron chi connectivity index (χ3n) is 5.22. The number of aromatic nitrogens is 2. The van der Waals surface area contributed by atoms with Crippen LogP contribution in [-0.4, -0.2) is 15.3 Å². The van der Waals surface area contributed by atoms with Crippen LogP contribution in [0, 0.1) is 0 Å². The lowest BCUT2D eigenvalue weighted by atomic mass is 10.0. The van der Waals surface area contributed by atoms with Crippen LogP contribution in [0.5, 0.6) is 0 Å². The van der Waals surface area contributed by atoms with Crippen molar-refractivity contribution >= 4 is 5.78 Å². The Morgan fingerprint density at radius 1 is 0.581 bits per heavy atom. The van der Waals surface area contributed by atoms with Crippen molar-refractivity contribution in [3.8, 4) is 28.3 Å². The van der Waals surface area contributed by atoms with E-state index >= 15 is 0 Å². The molecule has 0 aliphatic rings. The van der Waals surface area contributed by atoms with Gasteiger partial charge >= 0.3 is 0 Å². The Labute approximate surface area is 181 Å². The number of hydrogen-bond acceptors (Lipinski definition) is 2. The van der Waals surface area contributed by atoms with Gasteiger partial charge in [0.2, 0.25) is 5.78 Å². The normalized spacial score (nSPS) is 10.7. The molecule has 0 atom stereocenters. The maximum Gasteiger partial charge on any atom is 0.212 e. The summed E-state index contributed by atoms with van der Waals surface area (Å²) in [5, 5.41) is 0. The van der Waals surface area contributed by atoms with Crippen LogP contribution in [0.15, 0.2) is 121 Å². The quantitative estimate of drug-likeness (QED) is 0.318. The van der Waals surface area contributed by atoms with Gasteiger partial charge in [-0.2, -0.15) is 0 Å². The summed E-state index contributed by atoms with van der Waals surface area (Å²) < 4.78 is 1.98. The second kappa shape index (κ2) is 8.25. The summed E-state index contributed by atoms with van der Waals surface area (Å²) in [4.78, 5) is 18.8. The van der Waals surface area contributed by atoms with Crippen LogP contribution in [0.4, 0.5) is 0 Å². The third-order valence-corrected chi connectivity index (χ3v) is 5.22. The minimum atomic E-state index is -0.0574. The zero-order chi connectivity index (χ0) is 21.0. The van der Waals surface area contributed by atoms with Gasteiger partial charge in [0.1, 0.15) is 17.2 Å². The van der Waals surface area contributed by atoms with Crippen molar-refractivity contribution in [1.29, 1.82) is 0 Å². The molecule has 0 aliphatic carbocycles. The summed E-state index contributed by atoms with van der Waals surface area (Å²) in [6.07, 6.45) is 0. The first-order valence-electron chi connectivity index (χ1n) is 10.2. The Kier molecular flexibility index (Phi) is 4.99. The second-order valence-corrected chi connectivity index (χ2v) is 7.23. The maximum atomic E-state index is 13.8. The molecule has 0 bridgehead atoms. The Hall–Kier alpha value is -4.24. The molecular weight excluding hydrogens is 380 g/mol. The number of nitrogens with zero attached hydrogens (tertiary/aromatic N) is 2. The largest absolute Gasteiger partial charge is 0.289 e. The first kappa shape index (κ1) is 18.8. The van der Waals surface area contributed by atoms with Crippen LogP contribution in [0.3, 0.4) is 0 Å². The van der Waals surface area contributed by atoms with Gasteiger partial charge in [0.05, 0.1) is 0 Å². The van der Waals surface area contributed by atoms with Crippen LogP contribution in [0.2, 0.25) is 0 Å². The highest BCUT2D eigenvalue weighted by molar-refractivity contribution is 6.12. The lowest BCUT2D eigenvalue weighted by Gasteiger charge is -2.13. The average molecular weight is 400 g/mol. The van der Waals surface area contributed by atoms with Crippen molar-refractivity contribution in [1.82, 2.24) is 9.55 Å². The van der Waals surface area contributed by atoms with Crippen LogP contribution in [0.25, 0.3) is 28.3 Å². The molecule has 0 amide bonds. The smallest absolute Gasteiger partial charge is 0.212 e. The van der Waals surface area contributed by atoms with Gasteiger partial charge in [-0.05, 0) is 12.1 Å². The molecule has 5 rings (SSSR count). The van der Waals surface area contributed by atoms with Crippen LogP contribution in [-0.2, 0) is 0 Å². The molecule has 31 heavy (non-hydrogen) atoms. The van der Waals surface area contributed by atoms with Gasteiger partial charge in [0, 0.05) is 22.4 Å². The number of imidazole rings is 1. The minimum absolute atomic E-state index is 0.0574. The molecule has 0 saturated heterocycles. The first-order chi connectivity index (χ1) is 15.3. The molecule has 5 aromatic rings. The van der Waals surface area contributed by atoms with Crippen molar-refractivity contribution in [3.63, 3.8) is 0 Å². The fourth-order valence-electron chi connectivity index (χ4n) is 3.76. The van der Waals surface area contributed by atoms with Gasteiger partial charge in [0.15, 0.2) is 0 Å². The molecule has 0 aliphatic heterocycles. The first-order valence-corrected chi connectivity index (χ1v) is 10.2. The van der Waals surface area contributed by atoms with Crippen molar-refractivity contribution in [2.24, 2.45) is 0 Å². The van der Waals surface area contributed by atoms with E-state index in [0.717, 1.165) is 22.6 Å². The molecule has 3 heteroatoms. The fourth-order valence-corrected chi connectivity index (χ4v) is 3.76. The molecule has 148 valence electrons. The maximum absolute atomic E-state index is 13.8. The summed E-state index contributed by atoms with van der Waals surface area (Å²) >= 11 is 0. The van der Waals surface area contributed by atoms with E-state index in [0.29, 0.717) is 17.0 Å². The van der Waals surface area contributed by atoms with Crippen molar-refractivity contribution in [2.75, 3.05) is 0 Å². The minimum Gasteiger partial charge on any atom is -0.289 e. The van der Waals surface area contributed by atoms with Crippen LogP contribution < -0.4 is 0 Å².